The average Bonchev–Trinajstić information content (AvgIpc) is 2.27. The number of unbranched alkanes of at least 4 members (excludes halogenated alkanes) is 1. The van der Waals surface area contributed by atoms with Crippen LogP contribution in [0.3, 0.4) is 0 Å². The first-order valence-corrected chi connectivity index (χ1v) is 6.36. The van der Waals surface area contributed by atoms with Gasteiger partial charge < -0.3 is 5.32 Å². The number of nitro groups is 1. The van der Waals surface area contributed by atoms with Crippen molar-refractivity contribution in [2.45, 2.75) is 40.0 Å². The molecule has 5 nitrogen and oxygen atoms in total. The van der Waals surface area contributed by atoms with Crippen LogP contribution in [0.5, 0.6) is 0 Å². The Labute approximate surface area is 108 Å². The van der Waals surface area contributed by atoms with Gasteiger partial charge in [0.05, 0.1) is 4.92 Å². The molecule has 0 spiro atoms. The number of nitrogens with one attached hydrogen (secondary N) is 1. The molecule has 1 rings (SSSR count). The lowest BCUT2D eigenvalue weighted by Gasteiger charge is -2.07. The third-order valence-corrected chi connectivity index (χ3v) is 2.77. The van der Waals surface area contributed by atoms with Crippen LogP contribution in [0, 0.1) is 23.0 Å². The number of pyridine rings is 1. The molecule has 0 radical (unpaired) electrons. The molecule has 1 aromatic heterocycles. The van der Waals surface area contributed by atoms with Crippen LogP contribution in [-0.4, -0.2) is 16.5 Å². The monoisotopic (exact) mass is 251 g/mol. The first kappa shape index (κ1) is 14.4. The minimum absolute atomic E-state index is 0.0698. The van der Waals surface area contributed by atoms with Crippen molar-refractivity contribution in [1.82, 2.24) is 4.98 Å². The summed E-state index contributed by atoms with van der Waals surface area (Å²) in [5.74, 6) is 1.45. The van der Waals surface area contributed by atoms with E-state index in [0.717, 1.165) is 18.9 Å². The summed E-state index contributed by atoms with van der Waals surface area (Å²) in [5, 5.41) is 13.8. The zero-order valence-electron chi connectivity index (χ0n) is 11.3. The molecule has 0 aliphatic heterocycles. The molecule has 0 unspecified atom stereocenters. The number of hydrogen-bond acceptors (Lipinski definition) is 4. The second-order valence-electron chi connectivity index (χ2n) is 4.87. The summed E-state index contributed by atoms with van der Waals surface area (Å²) < 4.78 is 0. The van der Waals surface area contributed by atoms with E-state index in [1.165, 1.54) is 18.9 Å². The molecular formula is C13H21N3O2. The summed E-state index contributed by atoms with van der Waals surface area (Å²) in [6.45, 7) is 6.95. The fourth-order valence-electron chi connectivity index (χ4n) is 1.74. The number of rotatable bonds is 7. The number of aromatic nitrogens is 1. The SMILES string of the molecule is Cc1nc(NCCCCC(C)C)ccc1[N+](=O)[O-]. The predicted molar refractivity (Wildman–Crippen MR) is 72.8 cm³/mol. The van der Waals surface area contributed by atoms with Gasteiger partial charge in [-0.05, 0) is 25.3 Å². The van der Waals surface area contributed by atoms with E-state index in [1.54, 1.807) is 13.0 Å². The summed E-state index contributed by atoms with van der Waals surface area (Å²) >= 11 is 0. The Balaban J connectivity index is 2.39. The van der Waals surface area contributed by atoms with Gasteiger partial charge in [0.2, 0.25) is 0 Å². The Morgan fingerprint density at radius 3 is 2.67 bits per heavy atom. The molecule has 1 N–H and O–H groups in total. The molecule has 0 saturated carbocycles. The van der Waals surface area contributed by atoms with Gasteiger partial charge in [0.25, 0.3) is 5.69 Å². The largest absolute Gasteiger partial charge is 0.370 e. The number of hydrogen-bond donors (Lipinski definition) is 1. The standard InChI is InChI=1S/C13H21N3O2/c1-10(2)6-4-5-9-14-13-8-7-12(16(17)18)11(3)15-13/h7-8,10H,4-6,9H2,1-3H3,(H,14,15). The lowest BCUT2D eigenvalue weighted by atomic mass is 10.1. The molecule has 5 heteroatoms. The van der Waals surface area contributed by atoms with Crippen molar-refractivity contribution < 1.29 is 4.92 Å². The quantitative estimate of drug-likeness (QED) is 0.457. The van der Waals surface area contributed by atoms with E-state index in [4.69, 9.17) is 0 Å². The highest BCUT2D eigenvalue weighted by Gasteiger charge is 2.11. The molecule has 0 fully saturated rings. The molecule has 0 bridgehead atoms. The zero-order chi connectivity index (χ0) is 13.5. The number of anilines is 1. The molecule has 0 amide bonds. The molecule has 18 heavy (non-hydrogen) atoms. The van der Waals surface area contributed by atoms with E-state index in [-0.39, 0.29) is 5.69 Å². The fraction of sp³-hybridized carbons (Fsp3) is 0.615. The molecule has 0 aromatic carbocycles. The second kappa shape index (κ2) is 6.93. The predicted octanol–water partition coefficient (Wildman–Crippen LogP) is 3.54. The van der Waals surface area contributed by atoms with Crippen molar-refractivity contribution in [3.63, 3.8) is 0 Å². The molecule has 0 aliphatic carbocycles. The van der Waals surface area contributed by atoms with Crippen LogP contribution in [0.1, 0.15) is 38.8 Å². The van der Waals surface area contributed by atoms with E-state index in [0.29, 0.717) is 11.5 Å². The van der Waals surface area contributed by atoms with Crippen molar-refractivity contribution in [2.75, 3.05) is 11.9 Å². The normalized spacial score (nSPS) is 10.7. The summed E-state index contributed by atoms with van der Waals surface area (Å²) in [6, 6.07) is 3.16. The van der Waals surface area contributed by atoms with E-state index in [1.807, 2.05) is 0 Å². The van der Waals surface area contributed by atoms with E-state index in [2.05, 4.69) is 24.1 Å². The van der Waals surface area contributed by atoms with Crippen molar-refractivity contribution >= 4 is 11.5 Å². The summed E-state index contributed by atoms with van der Waals surface area (Å²) in [4.78, 5) is 14.4. The van der Waals surface area contributed by atoms with Crippen molar-refractivity contribution in [3.05, 3.63) is 27.9 Å². The molecule has 0 aliphatic rings. The van der Waals surface area contributed by atoms with Crippen molar-refractivity contribution in [1.29, 1.82) is 0 Å². The van der Waals surface area contributed by atoms with Gasteiger partial charge in [-0.15, -0.1) is 0 Å². The zero-order valence-corrected chi connectivity index (χ0v) is 11.3. The summed E-state index contributed by atoms with van der Waals surface area (Å²) in [6.07, 6.45) is 3.51. The molecule has 1 aromatic rings. The van der Waals surface area contributed by atoms with Crippen LogP contribution < -0.4 is 5.32 Å². The average molecular weight is 251 g/mol. The number of nitrogens with zero attached hydrogens (tertiary/aromatic N) is 2. The van der Waals surface area contributed by atoms with Gasteiger partial charge in [0.1, 0.15) is 11.5 Å². The Bertz CT molecular complexity index is 405. The lowest BCUT2D eigenvalue weighted by Crippen LogP contribution is -2.05. The lowest BCUT2D eigenvalue weighted by molar-refractivity contribution is -0.385. The third-order valence-electron chi connectivity index (χ3n) is 2.77. The highest BCUT2D eigenvalue weighted by atomic mass is 16.6. The van der Waals surface area contributed by atoms with Gasteiger partial charge in [-0.2, -0.15) is 0 Å². The Morgan fingerprint density at radius 2 is 2.11 bits per heavy atom. The minimum Gasteiger partial charge on any atom is -0.370 e. The highest BCUT2D eigenvalue weighted by molar-refractivity contribution is 5.44. The van der Waals surface area contributed by atoms with Gasteiger partial charge in [0.15, 0.2) is 0 Å². The molecule has 1 heterocycles. The molecule has 0 atom stereocenters. The minimum atomic E-state index is -0.408. The topological polar surface area (TPSA) is 68.1 Å². The smallest absolute Gasteiger partial charge is 0.290 e. The van der Waals surface area contributed by atoms with Gasteiger partial charge in [-0.3, -0.25) is 10.1 Å². The summed E-state index contributed by atoms with van der Waals surface area (Å²) in [7, 11) is 0. The van der Waals surface area contributed by atoms with Crippen LogP contribution in [0.4, 0.5) is 11.5 Å². The van der Waals surface area contributed by atoms with Gasteiger partial charge in [0, 0.05) is 12.6 Å². The van der Waals surface area contributed by atoms with E-state index >= 15 is 0 Å². The Hall–Kier alpha value is -1.65. The van der Waals surface area contributed by atoms with Crippen LogP contribution in [0.15, 0.2) is 12.1 Å². The van der Waals surface area contributed by atoms with Gasteiger partial charge in [-0.1, -0.05) is 26.7 Å². The summed E-state index contributed by atoms with van der Waals surface area (Å²) in [5.41, 5.74) is 0.521. The van der Waals surface area contributed by atoms with Crippen molar-refractivity contribution in [3.8, 4) is 0 Å². The van der Waals surface area contributed by atoms with E-state index < -0.39 is 4.92 Å². The maximum absolute atomic E-state index is 10.6. The van der Waals surface area contributed by atoms with E-state index in [9.17, 15) is 10.1 Å². The maximum Gasteiger partial charge on any atom is 0.290 e. The first-order valence-electron chi connectivity index (χ1n) is 6.36. The molecule has 100 valence electrons. The Morgan fingerprint density at radius 1 is 1.39 bits per heavy atom. The second-order valence-corrected chi connectivity index (χ2v) is 4.87. The molecular weight excluding hydrogens is 230 g/mol. The highest BCUT2D eigenvalue weighted by Crippen LogP contribution is 2.17. The third kappa shape index (κ3) is 4.69. The first-order chi connectivity index (χ1) is 8.50. The van der Waals surface area contributed by atoms with Crippen LogP contribution in [0.2, 0.25) is 0 Å². The fourth-order valence-corrected chi connectivity index (χ4v) is 1.74. The maximum atomic E-state index is 10.6. The van der Waals surface area contributed by atoms with Crippen LogP contribution in [-0.2, 0) is 0 Å². The van der Waals surface area contributed by atoms with Crippen LogP contribution in [0.25, 0.3) is 0 Å². The van der Waals surface area contributed by atoms with Gasteiger partial charge in [-0.25, -0.2) is 4.98 Å². The number of aryl methyl sites for hydroxylation is 1. The van der Waals surface area contributed by atoms with Crippen LogP contribution >= 0.6 is 0 Å². The van der Waals surface area contributed by atoms with Crippen molar-refractivity contribution in [2.24, 2.45) is 5.92 Å². The Kier molecular flexibility index (Phi) is 5.55. The molecule has 0 saturated heterocycles. The van der Waals surface area contributed by atoms with Gasteiger partial charge >= 0.3 is 0 Å².